The lowest BCUT2D eigenvalue weighted by Gasteiger charge is -2.48. The summed E-state index contributed by atoms with van der Waals surface area (Å²) in [5.74, 6) is -1.61. The van der Waals surface area contributed by atoms with Crippen molar-refractivity contribution in [2.45, 2.75) is 43.5 Å². The summed E-state index contributed by atoms with van der Waals surface area (Å²) in [6.45, 7) is 2.86. The van der Waals surface area contributed by atoms with Crippen LogP contribution in [0.5, 0.6) is 0 Å². The molecule has 3 heterocycles. The molecule has 1 spiro atoms. The third-order valence-corrected chi connectivity index (χ3v) is 6.25. The van der Waals surface area contributed by atoms with E-state index in [1.165, 1.54) is 12.8 Å². The smallest absolute Gasteiger partial charge is 0.315 e. The summed E-state index contributed by atoms with van der Waals surface area (Å²) < 4.78 is 38.0. The van der Waals surface area contributed by atoms with Crippen molar-refractivity contribution >= 4 is 5.91 Å². The summed E-state index contributed by atoms with van der Waals surface area (Å²) in [5, 5.41) is 15.7. The van der Waals surface area contributed by atoms with Gasteiger partial charge in [-0.1, -0.05) is 30.3 Å². The Kier molecular flexibility index (Phi) is 6.78. The SMILES string of the molecule is O=C(N[C@H](CF)[C@H](O)c1ccc(-c2ccc(CN3CC4(CCCN4)C3)nc2)cc1)C(F)F. The van der Waals surface area contributed by atoms with Crippen molar-refractivity contribution in [3.63, 3.8) is 0 Å². The van der Waals surface area contributed by atoms with Gasteiger partial charge in [-0.25, -0.2) is 4.39 Å². The molecule has 0 radical (unpaired) electrons. The number of carbonyl (C=O) groups is 1. The standard InChI is InChI=1S/C23H27F3N4O2/c24-10-19(29-22(32)21(25)26)20(31)16-4-2-15(3-5-16)17-6-7-18(27-11-17)12-30-13-23(14-30)8-1-9-28-23/h2-7,11,19-21,28,31H,1,8-10,12-14H2,(H,29,32)/t19-,20-/m1/s1. The first-order chi connectivity index (χ1) is 15.4. The number of pyridine rings is 1. The summed E-state index contributed by atoms with van der Waals surface area (Å²) >= 11 is 0. The first-order valence-electron chi connectivity index (χ1n) is 10.7. The predicted molar refractivity (Wildman–Crippen MR) is 114 cm³/mol. The number of carbonyl (C=O) groups excluding carboxylic acids is 1. The predicted octanol–water partition coefficient (Wildman–Crippen LogP) is 2.44. The molecular formula is C23H27F3N4O2. The highest BCUT2D eigenvalue weighted by molar-refractivity contribution is 5.79. The number of benzene rings is 1. The van der Waals surface area contributed by atoms with Gasteiger partial charge >= 0.3 is 6.43 Å². The number of aliphatic hydroxyl groups is 1. The van der Waals surface area contributed by atoms with Crippen LogP contribution in [-0.4, -0.2) is 65.2 Å². The average Bonchev–Trinajstić information content (AvgIpc) is 3.27. The molecule has 2 aromatic rings. The van der Waals surface area contributed by atoms with Gasteiger partial charge in [-0.3, -0.25) is 14.7 Å². The zero-order valence-electron chi connectivity index (χ0n) is 17.6. The van der Waals surface area contributed by atoms with E-state index >= 15 is 0 Å². The summed E-state index contributed by atoms with van der Waals surface area (Å²) in [6.07, 6.45) is -0.431. The van der Waals surface area contributed by atoms with Crippen molar-refractivity contribution in [3.8, 4) is 11.1 Å². The largest absolute Gasteiger partial charge is 0.386 e. The van der Waals surface area contributed by atoms with Gasteiger partial charge in [0.15, 0.2) is 0 Å². The van der Waals surface area contributed by atoms with Crippen molar-refractivity contribution in [1.29, 1.82) is 0 Å². The Hall–Kier alpha value is -2.49. The number of rotatable bonds is 8. The molecule has 4 rings (SSSR count). The number of amides is 1. The van der Waals surface area contributed by atoms with Gasteiger partial charge in [0.25, 0.3) is 5.91 Å². The minimum absolute atomic E-state index is 0.315. The maximum Gasteiger partial charge on any atom is 0.315 e. The number of nitrogens with one attached hydrogen (secondary N) is 2. The van der Waals surface area contributed by atoms with Crippen molar-refractivity contribution in [2.24, 2.45) is 0 Å². The van der Waals surface area contributed by atoms with Crippen LogP contribution in [-0.2, 0) is 11.3 Å². The van der Waals surface area contributed by atoms with Gasteiger partial charge in [0.05, 0.1) is 11.7 Å². The number of halogens is 3. The van der Waals surface area contributed by atoms with Crippen molar-refractivity contribution in [1.82, 2.24) is 20.5 Å². The number of likely N-dealkylation sites (tertiary alicyclic amines) is 1. The van der Waals surface area contributed by atoms with Crippen molar-refractivity contribution in [2.75, 3.05) is 26.3 Å². The summed E-state index contributed by atoms with van der Waals surface area (Å²) in [4.78, 5) is 18.1. The van der Waals surface area contributed by atoms with E-state index in [-0.39, 0.29) is 0 Å². The Balaban J connectivity index is 1.34. The normalized spacial score (nSPS) is 19.7. The molecule has 2 saturated heterocycles. The van der Waals surface area contributed by atoms with Crippen LogP contribution in [0.3, 0.4) is 0 Å². The molecule has 1 amide bonds. The minimum Gasteiger partial charge on any atom is -0.386 e. The lowest BCUT2D eigenvalue weighted by atomic mass is 9.88. The second kappa shape index (κ2) is 9.56. The van der Waals surface area contributed by atoms with Gasteiger partial charge in [-0.2, -0.15) is 8.78 Å². The van der Waals surface area contributed by atoms with E-state index < -0.39 is 31.2 Å². The maximum absolute atomic E-state index is 13.2. The van der Waals surface area contributed by atoms with Crippen LogP contribution in [0.2, 0.25) is 0 Å². The molecule has 1 aromatic carbocycles. The average molecular weight is 448 g/mol. The molecule has 2 fully saturated rings. The Morgan fingerprint density at radius 1 is 1.19 bits per heavy atom. The fourth-order valence-electron chi connectivity index (χ4n) is 4.53. The van der Waals surface area contributed by atoms with Gasteiger partial charge < -0.3 is 15.7 Å². The van der Waals surface area contributed by atoms with Crippen molar-refractivity contribution in [3.05, 3.63) is 53.9 Å². The summed E-state index contributed by atoms with van der Waals surface area (Å²) in [7, 11) is 0. The molecule has 0 unspecified atom stereocenters. The number of alkyl halides is 3. The molecule has 0 bridgehead atoms. The Bertz CT molecular complexity index is 910. The van der Waals surface area contributed by atoms with Crippen LogP contribution >= 0.6 is 0 Å². The number of nitrogens with zero attached hydrogens (tertiary/aromatic N) is 2. The third-order valence-electron chi connectivity index (χ3n) is 6.25. The topological polar surface area (TPSA) is 77.5 Å². The van der Waals surface area contributed by atoms with Crippen LogP contribution in [0.4, 0.5) is 13.2 Å². The number of aliphatic hydroxyl groups excluding tert-OH is 1. The lowest BCUT2D eigenvalue weighted by Crippen LogP contribution is -2.66. The van der Waals surface area contributed by atoms with Gasteiger partial charge in [0.2, 0.25) is 0 Å². The van der Waals surface area contributed by atoms with Gasteiger partial charge in [0, 0.05) is 36.9 Å². The quantitative estimate of drug-likeness (QED) is 0.578. The highest BCUT2D eigenvalue weighted by Gasteiger charge is 2.44. The summed E-state index contributed by atoms with van der Waals surface area (Å²) in [5.41, 5.74) is 3.37. The highest BCUT2D eigenvalue weighted by Crippen LogP contribution is 2.31. The van der Waals surface area contributed by atoms with E-state index in [4.69, 9.17) is 0 Å². The van der Waals surface area contributed by atoms with Gasteiger partial charge in [0.1, 0.15) is 12.8 Å². The molecule has 32 heavy (non-hydrogen) atoms. The molecule has 0 saturated carbocycles. The first kappa shape index (κ1) is 22.7. The molecule has 3 N–H and O–H groups in total. The molecular weight excluding hydrogens is 421 g/mol. The van der Waals surface area contributed by atoms with Crippen LogP contribution in [0.15, 0.2) is 42.6 Å². The highest BCUT2D eigenvalue weighted by atomic mass is 19.3. The minimum atomic E-state index is -3.27. The van der Waals surface area contributed by atoms with Crippen molar-refractivity contribution < 1.29 is 23.1 Å². The fraction of sp³-hybridized carbons (Fsp3) is 0.478. The van der Waals surface area contributed by atoms with Crippen LogP contribution in [0.1, 0.15) is 30.2 Å². The number of hydrogen-bond donors (Lipinski definition) is 3. The van der Waals surface area contributed by atoms with Gasteiger partial charge in [-0.15, -0.1) is 0 Å². The van der Waals surface area contributed by atoms with E-state index in [1.54, 1.807) is 30.5 Å². The van der Waals surface area contributed by atoms with E-state index in [9.17, 15) is 23.1 Å². The molecule has 172 valence electrons. The monoisotopic (exact) mass is 448 g/mol. The zero-order chi connectivity index (χ0) is 22.7. The molecule has 2 aliphatic rings. The van der Waals surface area contributed by atoms with Crippen LogP contribution in [0, 0.1) is 0 Å². The van der Waals surface area contributed by atoms with E-state index in [2.05, 4.69) is 15.2 Å². The fourth-order valence-corrected chi connectivity index (χ4v) is 4.53. The third kappa shape index (κ3) is 4.95. The van der Waals surface area contributed by atoms with Gasteiger partial charge in [-0.05, 0) is 36.6 Å². The van der Waals surface area contributed by atoms with Crippen LogP contribution in [0.25, 0.3) is 11.1 Å². The second-order valence-corrected chi connectivity index (χ2v) is 8.63. The Morgan fingerprint density at radius 2 is 1.91 bits per heavy atom. The molecule has 2 atom stereocenters. The second-order valence-electron chi connectivity index (χ2n) is 8.63. The Morgan fingerprint density at radius 3 is 2.47 bits per heavy atom. The Labute approximate surface area is 184 Å². The van der Waals surface area contributed by atoms with E-state index in [1.807, 2.05) is 17.4 Å². The molecule has 9 heteroatoms. The lowest BCUT2D eigenvalue weighted by molar-refractivity contribution is -0.133. The molecule has 2 aliphatic heterocycles. The first-order valence-corrected chi connectivity index (χ1v) is 10.7. The van der Waals surface area contributed by atoms with Crippen LogP contribution < -0.4 is 10.6 Å². The van der Waals surface area contributed by atoms with E-state index in [0.29, 0.717) is 11.1 Å². The molecule has 6 nitrogen and oxygen atoms in total. The van der Waals surface area contributed by atoms with E-state index in [0.717, 1.165) is 43.0 Å². The maximum atomic E-state index is 13.2. The zero-order valence-corrected chi connectivity index (χ0v) is 17.6. The number of aromatic nitrogens is 1. The molecule has 1 aromatic heterocycles. The molecule has 0 aliphatic carbocycles. The summed E-state index contributed by atoms with van der Waals surface area (Å²) in [6, 6.07) is 9.17. The number of hydrogen-bond acceptors (Lipinski definition) is 5.